The Morgan fingerprint density at radius 1 is 1.20 bits per heavy atom. The summed E-state index contributed by atoms with van der Waals surface area (Å²) in [6.07, 6.45) is 2.90. The average Bonchev–Trinajstić information content (AvgIpc) is 2.38. The first-order chi connectivity index (χ1) is 9.56. The summed E-state index contributed by atoms with van der Waals surface area (Å²) in [5, 5.41) is 8.76. The van der Waals surface area contributed by atoms with E-state index in [4.69, 9.17) is 5.11 Å². The van der Waals surface area contributed by atoms with E-state index in [9.17, 15) is 4.79 Å². The number of pyridine rings is 1. The minimum atomic E-state index is -0.804. The molecule has 0 fully saturated rings. The van der Waals surface area contributed by atoms with Crippen LogP contribution in [0.2, 0.25) is 0 Å². The summed E-state index contributed by atoms with van der Waals surface area (Å²) in [7, 11) is 0. The van der Waals surface area contributed by atoms with Gasteiger partial charge in [-0.3, -0.25) is 9.78 Å². The first kappa shape index (κ1) is 14.1. The van der Waals surface area contributed by atoms with E-state index in [-0.39, 0.29) is 6.42 Å². The second-order valence-electron chi connectivity index (χ2n) is 4.68. The van der Waals surface area contributed by atoms with Crippen molar-refractivity contribution < 1.29 is 9.90 Å². The summed E-state index contributed by atoms with van der Waals surface area (Å²) in [4.78, 5) is 23.8. The Morgan fingerprint density at radius 2 is 1.90 bits per heavy atom. The third-order valence-corrected chi connectivity index (χ3v) is 3.12. The summed E-state index contributed by atoms with van der Waals surface area (Å²) in [5.41, 5.74) is 3.55. The summed E-state index contributed by atoms with van der Waals surface area (Å²) < 4.78 is 0. The lowest BCUT2D eigenvalue weighted by atomic mass is 10.1. The molecule has 0 saturated heterocycles. The molecule has 0 aliphatic heterocycles. The van der Waals surface area contributed by atoms with Gasteiger partial charge in [0, 0.05) is 29.7 Å². The molecule has 2 aromatic rings. The van der Waals surface area contributed by atoms with Gasteiger partial charge >= 0.3 is 5.97 Å². The molecule has 0 aliphatic carbocycles. The van der Waals surface area contributed by atoms with Crippen LogP contribution in [0.3, 0.4) is 0 Å². The molecular formula is C15H17N3O2. The lowest BCUT2D eigenvalue weighted by molar-refractivity contribution is -0.136. The van der Waals surface area contributed by atoms with E-state index < -0.39 is 5.97 Å². The van der Waals surface area contributed by atoms with E-state index in [1.807, 2.05) is 32.0 Å². The van der Waals surface area contributed by atoms with E-state index in [1.54, 1.807) is 6.20 Å². The standard InChI is InChI=1S/C15H17N3O2/c1-10-13(6-7-15(19)20)11(2)18-14(17-10)9-12-5-3-4-8-16-12/h3-5,8H,6-7,9H2,1-2H3,(H,19,20). The maximum absolute atomic E-state index is 10.7. The van der Waals surface area contributed by atoms with Gasteiger partial charge in [-0.25, -0.2) is 9.97 Å². The van der Waals surface area contributed by atoms with Crippen LogP contribution in [0.5, 0.6) is 0 Å². The minimum absolute atomic E-state index is 0.102. The van der Waals surface area contributed by atoms with Gasteiger partial charge in [0.15, 0.2) is 0 Å². The van der Waals surface area contributed by atoms with Crippen molar-refractivity contribution in [3.05, 3.63) is 52.9 Å². The summed E-state index contributed by atoms with van der Waals surface area (Å²) in [6.45, 7) is 3.79. The Labute approximate surface area is 117 Å². The largest absolute Gasteiger partial charge is 0.481 e. The van der Waals surface area contributed by atoms with Crippen LogP contribution in [0.4, 0.5) is 0 Å². The van der Waals surface area contributed by atoms with Crippen LogP contribution >= 0.6 is 0 Å². The number of carboxylic acids is 1. The van der Waals surface area contributed by atoms with Crippen LogP contribution in [0, 0.1) is 13.8 Å². The van der Waals surface area contributed by atoms with Gasteiger partial charge in [-0.1, -0.05) is 6.07 Å². The summed E-state index contributed by atoms with van der Waals surface area (Å²) in [5.74, 6) is -0.0841. The highest BCUT2D eigenvalue weighted by atomic mass is 16.4. The van der Waals surface area contributed by atoms with Gasteiger partial charge in [0.2, 0.25) is 0 Å². The first-order valence-electron chi connectivity index (χ1n) is 6.51. The molecule has 0 unspecified atom stereocenters. The molecule has 0 spiro atoms. The highest BCUT2D eigenvalue weighted by molar-refractivity contribution is 5.67. The zero-order valence-corrected chi connectivity index (χ0v) is 11.6. The topological polar surface area (TPSA) is 76.0 Å². The fourth-order valence-electron chi connectivity index (χ4n) is 2.15. The number of hydrogen-bond donors (Lipinski definition) is 1. The van der Waals surface area contributed by atoms with E-state index in [0.29, 0.717) is 12.8 Å². The highest BCUT2D eigenvalue weighted by Gasteiger charge is 2.10. The molecule has 0 saturated carbocycles. The van der Waals surface area contributed by atoms with Crippen molar-refractivity contribution in [2.45, 2.75) is 33.1 Å². The number of carbonyl (C=O) groups is 1. The van der Waals surface area contributed by atoms with Gasteiger partial charge in [-0.05, 0) is 38.0 Å². The molecule has 2 heterocycles. The minimum Gasteiger partial charge on any atom is -0.481 e. The molecule has 2 aromatic heterocycles. The van der Waals surface area contributed by atoms with Gasteiger partial charge in [0.05, 0.1) is 6.42 Å². The van der Waals surface area contributed by atoms with Crippen LogP contribution in [-0.4, -0.2) is 26.0 Å². The van der Waals surface area contributed by atoms with E-state index in [2.05, 4.69) is 15.0 Å². The highest BCUT2D eigenvalue weighted by Crippen LogP contribution is 2.14. The Balaban J connectivity index is 2.19. The Bertz CT molecular complexity index is 589. The van der Waals surface area contributed by atoms with Crippen LogP contribution in [-0.2, 0) is 17.6 Å². The molecule has 0 aliphatic rings. The molecule has 0 atom stereocenters. The van der Waals surface area contributed by atoms with E-state index >= 15 is 0 Å². The Morgan fingerprint density at radius 3 is 2.45 bits per heavy atom. The number of hydrogen-bond acceptors (Lipinski definition) is 4. The van der Waals surface area contributed by atoms with Gasteiger partial charge in [-0.2, -0.15) is 0 Å². The predicted molar refractivity (Wildman–Crippen MR) is 74.5 cm³/mol. The van der Waals surface area contributed by atoms with Gasteiger partial charge in [-0.15, -0.1) is 0 Å². The molecule has 0 radical (unpaired) electrons. The zero-order valence-electron chi connectivity index (χ0n) is 11.6. The smallest absolute Gasteiger partial charge is 0.303 e. The lowest BCUT2D eigenvalue weighted by Crippen LogP contribution is -2.08. The first-order valence-corrected chi connectivity index (χ1v) is 6.51. The van der Waals surface area contributed by atoms with Crippen molar-refractivity contribution in [1.82, 2.24) is 15.0 Å². The van der Waals surface area contributed by atoms with Crippen molar-refractivity contribution in [3.63, 3.8) is 0 Å². The van der Waals surface area contributed by atoms with Crippen LogP contribution in [0.25, 0.3) is 0 Å². The Kier molecular flexibility index (Phi) is 4.40. The Hall–Kier alpha value is -2.30. The SMILES string of the molecule is Cc1nc(Cc2ccccn2)nc(C)c1CCC(=O)O. The third kappa shape index (κ3) is 3.60. The van der Waals surface area contributed by atoms with Crippen molar-refractivity contribution in [2.75, 3.05) is 0 Å². The summed E-state index contributed by atoms with van der Waals surface area (Å²) >= 11 is 0. The molecule has 5 heteroatoms. The molecule has 0 bridgehead atoms. The lowest BCUT2D eigenvalue weighted by Gasteiger charge is -2.09. The molecule has 0 aromatic carbocycles. The van der Waals surface area contributed by atoms with Crippen molar-refractivity contribution in [3.8, 4) is 0 Å². The fraction of sp³-hybridized carbons (Fsp3) is 0.333. The quantitative estimate of drug-likeness (QED) is 0.901. The van der Waals surface area contributed by atoms with Crippen molar-refractivity contribution in [1.29, 1.82) is 0 Å². The third-order valence-electron chi connectivity index (χ3n) is 3.12. The van der Waals surface area contributed by atoms with E-state index in [1.165, 1.54) is 0 Å². The molecule has 1 N–H and O–H groups in total. The van der Waals surface area contributed by atoms with Gasteiger partial charge < -0.3 is 5.11 Å². The molecule has 2 rings (SSSR count). The maximum atomic E-state index is 10.7. The fourth-order valence-corrected chi connectivity index (χ4v) is 2.15. The van der Waals surface area contributed by atoms with Crippen LogP contribution in [0.15, 0.2) is 24.4 Å². The normalized spacial score (nSPS) is 10.5. The van der Waals surface area contributed by atoms with Gasteiger partial charge in [0.25, 0.3) is 0 Å². The second-order valence-corrected chi connectivity index (χ2v) is 4.68. The zero-order chi connectivity index (χ0) is 14.5. The number of aliphatic carboxylic acids is 1. The predicted octanol–water partition coefficient (Wildman–Crippen LogP) is 2.10. The molecule has 0 amide bonds. The van der Waals surface area contributed by atoms with Crippen LogP contribution < -0.4 is 0 Å². The van der Waals surface area contributed by atoms with E-state index in [0.717, 1.165) is 28.5 Å². The number of aromatic nitrogens is 3. The molecule has 104 valence electrons. The summed E-state index contributed by atoms with van der Waals surface area (Å²) in [6, 6.07) is 5.74. The average molecular weight is 271 g/mol. The maximum Gasteiger partial charge on any atom is 0.303 e. The number of aryl methyl sites for hydroxylation is 2. The second kappa shape index (κ2) is 6.23. The number of carboxylic acid groups (broad SMARTS) is 1. The van der Waals surface area contributed by atoms with Crippen LogP contribution in [0.1, 0.15) is 34.9 Å². The number of rotatable bonds is 5. The number of nitrogens with zero attached hydrogens (tertiary/aromatic N) is 3. The molecule has 5 nitrogen and oxygen atoms in total. The van der Waals surface area contributed by atoms with Gasteiger partial charge in [0.1, 0.15) is 5.82 Å². The monoisotopic (exact) mass is 271 g/mol. The van der Waals surface area contributed by atoms with Crippen molar-refractivity contribution >= 4 is 5.97 Å². The van der Waals surface area contributed by atoms with Crippen molar-refractivity contribution in [2.24, 2.45) is 0 Å². The molecule has 20 heavy (non-hydrogen) atoms. The molecular weight excluding hydrogens is 254 g/mol.